The lowest BCUT2D eigenvalue weighted by atomic mass is 9.75. The molecule has 12 aromatic carbocycles. The highest BCUT2D eigenvalue weighted by atomic mass is 16.5. The van der Waals surface area contributed by atoms with Crippen LogP contribution in [0.3, 0.4) is 0 Å². The first kappa shape index (κ1) is 69.9. The summed E-state index contributed by atoms with van der Waals surface area (Å²) in [6, 6.07) is 77.0. The van der Waals surface area contributed by atoms with Crippen molar-refractivity contribution in [3.63, 3.8) is 0 Å². The number of ether oxygens (including phenoxy) is 6. The molecule has 0 unspecified atom stereocenters. The first-order chi connectivity index (χ1) is 50.4. The quantitative estimate of drug-likeness (QED) is 0.0611. The molecule has 4 aliphatic heterocycles. The van der Waals surface area contributed by atoms with Gasteiger partial charge >= 0.3 is 0 Å². The van der Waals surface area contributed by atoms with E-state index >= 15 is 0 Å². The molecule has 16 rings (SSSR count). The van der Waals surface area contributed by atoms with Crippen LogP contribution in [0, 0.1) is 13.8 Å². The van der Waals surface area contributed by atoms with Crippen molar-refractivity contribution in [1.82, 2.24) is 0 Å². The Labute approximate surface area is 603 Å². The average Bonchev–Trinajstić information content (AvgIpc) is 0.771. The number of rotatable bonds is 10. The van der Waals surface area contributed by atoms with Crippen LogP contribution in [0.15, 0.2) is 255 Å². The molecule has 0 saturated heterocycles. The van der Waals surface area contributed by atoms with Crippen LogP contribution in [-0.4, -0.2) is 91.7 Å². The van der Waals surface area contributed by atoms with Gasteiger partial charge in [-0.25, -0.2) is 0 Å². The third kappa shape index (κ3) is 15.4. The highest BCUT2D eigenvalue weighted by Gasteiger charge is 2.38. The van der Waals surface area contributed by atoms with Gasteiger partial charge in [0.15, 0.2) is 0 Å². The summed E-state index contributed by atoms with van der Waals surface area (Å²) in [5.41, 5.74) is 14.8. The normalized spacial score (nSPS) is 18.7. The maximum absolute atomic E-state index is 9.90. The molecule has 4 aliphatic rings. The van der Waals surface area contributed by atoms with Crippen LogP contribution in [0.2, 0.25) is 0 Å². The second kappa shape index (κ2) is 30.7. The maximum atomic E-state index is 9.90. The third-order valence-corrected chi connectivity index (χ3v) is 20.0. The number of benzene rings is 12. The molecule has 104 heavy (non-hydrogen) atoms. The van der Waals surface area contributed by atoms with E-state index in [-0.39, 0.29) is 105 Å². The third-order valence-electron chi connectivity index (χ3n) is 20.0. The van der Waals surface area contributed by atoms with E-state index in [9.17, 15) is 51.1 Å². The first-order valence-electron chi connectivity index (χ1n) is 34.2. The van der Waals surface area contributed by atoms with Crippen LogP contribution < -0.4 is 28.4 Å². The lowest BCUT2D eigenvalue weighted by Crippen LogP contribution is -2.25. The van der Waals surface area contributed by atoms with Crippen molar-refractivity contribution < 1.29 is 79.5 Å². The van der Waals surface area contributed by atoms with Gasteiger partial charge in [0, 0.05) is 93.9 Å². The molecule has 0 bridgehead atoms. The van der Waals surface area contributed by atoms with Gasteiger partial charge in [0.05, 0.1) is 40.6 Å². The summed E-state index contributed by atoms with van der Waals surface area (Å²) in [6.07, 6.45) is 0. The zero-order valence-corrected chi connectivity index (χ0v) is 57.6. The molecule has 12 aromatic rings. The van der Waals surface area contributed by atoms with E-state index in [1.165, 1.54) is 5.56 Å². The molecule has 0 aliphatic carbocycles. The van der Waals surface area contributed by atoms with E-state index in [4.69, 9.17) is 28.4 Å². The SMILES string of the molecule is COc1ccc([C@H]2c3ccc(O)cc3OC[C@H]2c2ccc(O)cc2)cc1.COc1ccc([C@H]2c3ccc(O)cc3OC[C@H]2c2ccc(O)cc2)cc1C.Cc1cc([C@H]2c3ccc(O)cc3OC[C@H]2c2ccc(O)cc2)ccc1O.Oc1ccc([C@H]2c3ccc(O)cc3OC[C@H]2c2ccc(O)cc2)cc1. The van der Waals surface area contributed by atoms with Gasteiger partial charge in [-0.3, -0.25) is 0 Å². The number of phenols is 10. The Balaban J connectivity index is 0.000000123. The molecule has 528 valence electrons. The summed E-state index contributed by atoms with van der Waals surface area (Å²) in [6.45, 7) is 5.84. The summed E-state index contributed by atoms with van der Waals surface area (Å²) in [5.74, 6) is 7.12. The molecular weight excluding hydrogens is 1310 g/mol. The lowest BCUT2D eigenvalue weighted by molar-refractivity contribution is 0.247. The van der Waals surface area contributed by atoms with Crippen molar-refractivity contribution >= 4 is 0 Å². The predicted octanol–water partition coefficient (Wildman–Crippen LogP) is 17.7. The van der Waals surface area contributed by atoms with Gasteiger partial charge in [-0.2, -0.15) is 0 Å². The zero-order chi connectivity index (χ0) is 72.7. The Morgan fingerprint density at radius 1 is 0.250 bits per heavy atom. The van der Waals surface area contributed by atoms with Crippen molar-refractivity contribution in [3.05, 3.63) is 333 Å². The van der Waals surface area contributed by atoms with E-state index < -0.39 is 0 Å². The number of fused-ring (bicyclic) bond motifs is 4. The number of aromatic hydroxyl groups is 10. The molecule has 16 heteroatoms. The number of methoxy groups -OCH3 is 2. The van der Waals surface area contributed by atoms with Gasteiger partial charge in [-0.05, 0) is 179 Å². The van der Waals surface area contributed by atoms with Crippen LogP contribution >= 0.6 is 0 Å². The van der Waals surface area contributed by atoms with Crippen molar-refractivity contribution in [2.24, 2.45) is 0 Å². The number of aryl methyl sites for hydroxylation is 2. The van der Waals surface area contributed by atoms with Gasteiger partial charge < -0.3 is 79.5 Å². The largest absolute Gasteiger partial charge is 0.508 e. The van der Waals surface area contributed by atoms with Gasteiger partial charge in [-0.15, -0.1) is 0 Å². The molecule has 0 saturated carbocycles. The highest BCUT2D eigenvalue weighted by Crippen LogP contribution is 2.52. The Morgan fingerprint density at radius 2 is 0.500 bits per heavy atom. The van der Waals surface area contributed by atoms with Gasteiger partial charge in [0.1, 0.15) is 92.0 Å². The van der Waals surface area contributed by atoms with Crippen LogP contribution in [0.25, 0.3) is 0 Å². The van der Waals surface area contributed by atoms with Crippen LogP contribution in [0.4, 0.5) is 0 Å². The molecule has 0 spiro atoms. The fourth-order valence-electron chi connectivity index (χ4n) is 14.7. The zero-order valence-electron chi connectivity index (χ0n) is 57.6. The van der Waals surface area contributed by atoms with Crippen molar-refractivity contribution in [2.45, 2.75) is 61.2 Å². The summed E-state index contributed by atoms with van der Waals surface area (Å²) in [4.78, 5) is 0. The van der Waals surface area contributed by atoms with E-state index in [0.29, 0.717) is 49.4 Å². The Hall–Kier alpha value is -12.6. The molecular formula is C88H80O16. The second-order valence-electron chi connectivity index (χ2n) is 26.5. The number of phenolic OH excluding ortho intramolecular Hbond substituents is 10. The Kier molecular flexibility index (Phi) is 20.7. The van der Waals surface area contributed by atoms with Crippen LogP contribution in [0.5, 0.6) is 92.0 Å². The number of hydrogen-bond acceptors (Lipinski definition) is 16. The summed E-state index contributed by atoms with van der Waals surface area (Å²) >= 11 is 0. The van der Waals surface area contributed by atoms with E-state index in [2.05, 4.69) is 24.3 Å². The van der Waals surface area contributed by atoms with Crippen LogP contribution in [-0.2, 0) is 0 Å². The molecule has 8 atom stereocenters. The molecule has 16 nitrogen and oxygen atoms in total. The molecule has 10 N–H and O–H groups in total. The van der Waals surface area contributed by atoms with Gasteiger partial charge in [0.2, 0.25) is 0 Å². The molecule has 0 aromatic heterocycles. The van der Waals surface area contributed by atoms with E-state index in [1.54, 1.807) is 129 Å². The fraction of sp³-hybridized carbons (Fsp3) is 0.182. The van der Waals surface area contributed by atoms with Gasteiger partial charge in [0.25, 0.3) is 0 Å². The highest BCUT2D eigenvalue weighted by molar-refractivity contribution is 5.57. The smallest absolute Gasteiger partial charge is 0.126 e. The topological polar surface area (TPSA) is 258 Å². The molecule has 0 amide bonds. The Morgan fingerprint density at radius 3 is 0.779 bits per heavy atom. The lowest BCUT2D eigenvalue weighted by Gasteiger charge is -2.34. The van der Waals surface area contributed by atoms with Crippen molar-refractivity contribution in [2.75, 3.05) is 40.6 Å². The minimum absolute atomic E-state index is 0.0168. The molecule has 4 heterocycles. The minimum atomic E-state index is 0.0168. The molecule has 0 fully saturated rings. The summed E-state index contributed by atoms with van der Waals surface area (Å²) in [7, 11) is 3.33. The average molecular weight is 1390 g/mol. The van der Waals surface area contributed by atoms with Gasteiger partial charge in [-0.1, -0.05) is 121 Å². The second-order valence-corrected chi connectivity index (χ2v) is 26.5. The number of hydrogen-bond donors (Lipinski definition) is 10. The standard InChI is InChI=1S/C23H22O4.2C22H20O4.C21H18O4/c1-14-11-16(5-10-21(14)26-2)23-19-9-8-18(25)12-22(19)27-13-20(23)15-3-6-17(24)7-4-15;1-25-18-9-4-15(5-10-18)22-19-11-8-17(24)12-21(19)26-13-20(22)14-2-6-16(23)7-3-14;1-13-10-15(4-9-20(13)25)22-18-8-7-17(24)11-21(18)26-12-19(22)14-2-5-16(23)6-3-14;22-15-5-1-13(2-6-15)19-12-25-20-11-17(24)9-10-18(20)21(19)14-3-7-16(23)8-4-14/h3-12,20,23-25H,13H2,1-2H3;2-12,20,22-24H,13H2,1H3;2-11,19,22-25H,12H2,1H3;1-11,19,21-24H,12H2/t20-,23-;20-,22-;19-,22-;19-,21-/m0000/s1. The maximum Gasteiger partial charge on any atom is 0.126 e. The van der Waals surface area contributed by atoms with Crippen molar-refractivity contribution in [3.8, 4) is 92.0 Å². The molecule has 0 radical (unpaired) electrons. The van der Waals surface area contributed by atoms with E-state index in [1.807, 2.05) is 129 Å². The monoisotopic (exact) mass is 1390 g/mol. The Bertz CT molecular complexity index is 4950. The summed E-state index contributed by atoms with van der Waals surface area (Å²) in [5, 5.41) is 97.2. The summed E-state index contributed by atoms with van der Waals surface area (Å²) < 4.78 is 34.5. The van der Waals surface area contributed by atoms with E-state index in [0.717, 1.165) is 83.8 Å². The van der Waals surface area contributed by atoms with Crippen molar-refractivity contribution in [1.29, 1.82) is 0 Å². The first-order valence-corrected chi connectivity index (χ1v) is 34.2. The fourth-order valence-corrected chi connectivity index (χ4v) is 14.7. The minimum Gasteiger partial charge on any atom is -0.508 e. The predicted molar refractivity (Wildman–Crippen MR) is 397 cm³/mol. The van der Waals surface area contributed by atoms with Crippen LogP contribution in [0.1, 0.15) is 125 Å².